The van der Waals surface area contributed by atoms with Gasteiger partial charge in [-0.25, -0.2) is 4.79 Å². The van der Waals surface area contributed by atoms with Crippen LogP contribution in [0.15, 0.2) is 30.3 Å². The van der Waals surface area contributed by atoms with Crippen LogP contribution >= 0.6 is 0 Å². The van der Waals surface area contributed by atoms with E-state index in [9.17, 15) is 19.5 Å². The molecular formula is C15H18O6. The normalized spacial score (nSPS) is 14.8. The summed E-state index contributed by atoms with van der Waals surface area (Å²) in [6, 6.07) is 7.73. The smallest absolute Gasteiger partial charge is 0.333 e. The van der Waals surface area contributed by atoms with E-state index >= 15 is 0 Å². The number of carboxylic acids is 1. The zero-order valence-corrected chi connectivity index (χ0v) is 11.9. The van der Waals surface area contributed by atoms with E-state index in [0.717, 1.165) is 0 Å². The number of carbonyl (C=O) groups excluding carboxylic acids is 2. The van der Waals surface area contributed by atoms with E-state index in [1.807, 2.05) is 0 Å². The number of hydrogen-bond donors (Lipinski definition) is 2. The van der Waals surface area contributed by atoms with Crippen LogP contribution in [-0.4, -0.2) is 40.1 Å². The maximum Gasteiger partial charge on any atom is 0.333 e. The Hall–Kier alpha value is -2.21. The zero-order chi connectivity index (χ0) is 16.0. The zero-order valence-electron chi connectivity index (χ0n) is 11.9. The van der Waals surface area contributed by atoms with Crippen LogP contribution in [0.25, 0.3) is 0 Å². The Balaban J connectivity index is 3.05. The summed E-state index contributed by atoms with van der Waals surface area (Å²) in [5.41, 5.74) is 0.143. The van der Waals surface area contributed by atoms with Gasteiger partial charge in [-0.3, -0.25) is 9.59 Å². The van der Waals surface area contributed by atoms with Crippen molar-refractivity contribution in [1.29, 1.82) is 0 Å². The predicted molar refractivity (Wildman–Crippen MR) is 73.8 cm³/mol. The summed E-state index contributed by atoms with van der Waals surface area (Å²) in [5, 5.41) is 18.5. The molecule has 0 radical (unpaired) electrons. The summed E-state index contributed by atoms with van der Waals surface area (Å²) in [4.78, 5) is 35.2. The first kappa shape index (κ1) is 16.8. The molecule has 0 aliphatic rings. The van der Waals surface area contributed by atoms with Crippen molar-refractivity contribution in [2.24, 2.45) is 5.92 Å². The molecule has 6 nitrogen and oxygen atoms in total. The largest absolute Gasteiger partial charge is 0.479 e. The third-order valence-corrected chi connectivity index (χ3v) is 3.06. The number of carboxylic acid groups (broad SMARTS) is 1. The van der Waals surface area contributed by atoms with Gasteiger partial charge in [0.25, 0.3) is 0 Å². The third-order valence-electron chi connectivity index (χ3n) is 3.06. The third kappa shape index (κ3) is 4.39. The van der Waals surface area contributed by atoms with Crippen LogP contribution in [0.3, 0.4) is 0 Å². The Labute approximate surface area is 122 Å². The minimum atomic E-state index is -2.14. The van der Waals surface area contributed by atoms with Crippen LogP contribution in [0.5, 0.6) is 0 Å². The van der Waals surface area contributed by atoms with Crippen LogP contribution in [0.4, 0.5) is 0 Å². The summed E-state index contributed by atoms with van der Waals surface area (Å²) in [6.07, 6.45) is -2.10. The van der Waals surface area contributed by atoms with Gasteiger partial charge in [-0.15, -0.1) is 0 Å². The van der Waals surface area contributed by atoms with Crippen LogP contribution in [-0.2, 0) is 14.3 Å². The van der Waals surface area contributed by atoms with Crippen LogP contribution < -0.4 is 0 Å². The first-order chi connectivity index (χ1) is 9.88. The monoisotopic (exact) mass is 294 g/mol. The van der Waals surface area contributed by atoms with Gasteiger partial charge in [0.1, 0.15) is 0 Å². The molecule has 3 unspecified atom stereocenters. The molecule has 0 aliphatic heterocycles. The number of ketones is 1. The first-order valence-electron chi connectivity index (χ1n) is 6.59. The quantitative estimate of drug-likeness (QED) is 0.446. The highest BCUT2D eigenvalue weighted by Crippen LogP contribution is 2.17. The van der Waals surface area contributed by atoms with E-state index in [2.05, 4.69) is 0 Å². The highest BCUT2D eigenvalue weighted by molar-refractivity contribution is 6.11. The molecule has 0 amide bonds. The number of benzene rings is 1. The maximum atomic E-state index is 12.3. The lowest BCUT2D eigenvalue weighted by molar-refractivity contribution is -0.163. The predicted octanol–water partition coefficient (Wildman–Crippen LogP) is 1.27. The molecule has 2 N–H and O–H groups in total. The Kier molecular flexibility index (Phi) is 6.05. The van der Waals surface area contributed by atoms with Gasteiger partial charge in [-0.05, 0) is 13.3 Å². The highest BCUT2D eigenvalue weighted by atomic mass is 16.5. The number of rotatable bonds is 7. The van der Waals surface area contributed by atoms with Gasteiger partial charge in [0.15, 0.2) is 17.8 Å². The second-order valence-electron chi connectivity index (χ2n) is 4.65. The fourth-order valence-electron chi connectivity index (χ4n) is 1.66. The highest BCUT2D eigenvalue weighted by Gasteiger charge is 2.40. The van der Waals surface area contributed by atoms with Crippen molar-refractivity contribution in [3.8, 4) is 0 Å². The topological polar surface area (TPSA) is 101 Å². The minimum absolute atomic E-state index is 0.143. The number of hydrogen-bond acceptors (Lipinski definition) is 5. The lowest BCUT2D eigenvalue weighted by atomic mass is 9.92. The van der Waals surface area contributed by atoms with Gasteiger partial charge in [0, 0.05) is 5.56 Å². The molecule has 0 saturated carbocycles. The second kappa shape index (κ2) is 7.54. The standard InChI is InChI=1S/C15H18O6/c1-3-9(2)21-15(20)11(13(17)14(18)19)12(16)10-7-5-4-6-8-10/h4-9,11,13,17H,3H2,1-2H3,(H,18,19). The molecule has 1 aromatic rings. The summed E-state index contributed by atoms with van der Waals surface area (Å²) in [7, 11) is 0. The lowest BCUT2D eigenvalue weighted by Gasteiger charge is -2.20. The Morgan fingerprint density at radius 2 is 1.76 bits per heavy atom. The minimum Gasteiger partial charge on any atom is -0.479 e. The van der Waals surface area contributed by atoms with Crippen molar-refractivity contribution in [2.75, 3.05) is 0 Å². The number of carbonyl (C=O) groups is 3. The molecule has 0 heterocycles. The molecule has 0 spiro atoms. The average molecular weight is 294 g/mol. The van der Waals surface area contributed by atoms with Crippen LogP contribution in [0.1, 0.15) is 30.6 Å². The molecule has 0 aromatic heterocycles. The fraction of sp³-hybridized carbons (Fsp3) is 0.400. The van der Waals surface area contributed by atoms with E-state index in [4.69, 9.17) is 9.84 Å². The van der Waals surface area contributed by atoms with Gasteiger partial charge >= 0.3 is 11.9 Å². The number of Topliss-reactive ketones (excluding diaryl/α,β-unsaturated/α-hetero) is 1. The Bertz CT molecular complexity index is 510. The molecule has 0 bridgehead atoms. The lowest BCUT2D eigenvalue weighted by Crippen LogP contribution is -2.42. The molecule has 6 heteroatoms. The van der Waals surface area contributed by atoms with Gasteiger partial charge in [0.05, 0.1) is 6.10 Å². The maximum absolute atomic E-state index is 12.3. The van der Waals surface area contributed by atoms with Crippen LogP contribution in [0.2, 0.25) is 0 Å². The molecular weight excluding hydrogens is 276 g/mol. The van der Waals surface area contributed by atoms with E-state index < -0.39 is 35.8 Å². The molecule has 0 aliphatic carbocycles. The summed E-state index contributed by atoms with van der Waals surface area (Å²) in [6.45, 7) is 3.40. The van der Waals surface area contributed by atoms with Crippen molar-refractivity contribution >= 4 is 17.7 Å². The van der Waals surface area contributed by atoms with Crippen molar-refractivity contribution in [1.82, 2.24) is 0 Å². The van der Waals surface area contributed by atoms with Crippen molar-refractivity contribution in [3.05, 3.63) is 35.9 Å². The summed E-state index contributed by atoms with van der Waals surface area (Å²) >= 11 is 0. The molecule has 21 heavy (non-hydrogen) atoms. The number of aliphatic carboxylic acids is 1. The molecule has 0 saturated heterocycles. The molecule has 1 rings (SSSR count). The van der Waals surface area contributed by atoms with Gasteiger partial charge in [-0.2, -0.15) is 0 Å². The van der Waals surface area contributed by atoms with E-state index in [1.165, 1.54) is 12.1 Å². The number of ether oxygens (including phenoxy) is 1. The summed E-state index contributed by atoms with van der Waals surface area (Å²) in [5.74, 6) is -5.24. The van der Waals surface area contributed by atoms with Crippen molar-refractivity contribution in [2.45, 2.75) is 32.5 Å². The van der Waals surface area contributed by atoms with E-state index in [-0.39, 0.29) is 5.56 Å². The Morgan fingerprint density at radius 1 is 1.19 bits per heavy atom. The summed E-state index contributed by atoms with van der Waals surface area (Å²) < 4.78 is 4.99. The van der Waals surface area contributed by atoms with Gasteiger partial charge in [-0.1, -0.05) is 37.3 Å². The van der Waals surface area contributed by atoms with E-state index in [1.54, 1.807) is 32.0 Å². The Morgan fingerprint density at radius 3 is 2.24 bits per heavy atom. The average Bonchev–Trinajstić information content (AvgIpc) is 2.47. The second-order valence-corrected chi connectivity index (χ2v) is 4.65. The number of aliphatic hydroxyl groups is 1. The van der Waals surface area contributed by atoms with Crippen molar-refractivity contribution < 1.29 is 29.3 Å². The molecule has 114 valence electrons. The van der Waals surface area contributed by atoms with E-state index in [0.29, 0.717) is 6.42 Å². The van der Waals surface area contributed by atoms with Gasteiger partial charge in [0.2, 0.25) is 0 Å². The molecule has 0 fully saturated rings. The number of esters is 1. The van der Waals surface area contributed by atoms with Gasteiger partial charge < -0.3 is 14.9 Å². The first-order valence-corrected chi connectivity index (χ1v) is 6.59. The van der Waals surface area contributed by atoms with Crippen molar-refractivity contribution in [3.63, 3.8) is 0 Å². The molecule has 3 atom stereocenters. The van der Waals surface area contributed by atoms with Crippen LogP contribution in [0, 0.1) is 5.92 Å². The number of aliphatic hydroxyl groups excluding tert-OH is 1. The SMILES string of the molecule is CCC(C)OC(=O)C(C(=O)c1ccccc1)C(O)C(=O)O. The fourth-order valence-corrected chi connectivity index (χ4v) is 1.66. The molecule has 1 aromatic carbocycles.